The van der Waals surface area contributed by atoms with Crippen molar-refractivity contribution >= 4 is 18.1 Å². The summed E-state index contributed by atoms with van der Waals surface area (Å²) in [6, 6.07) is 13.1. The van der Waals surface area contributed by atoms with E-state index in [4.69, 9.17) is 23.7 Å². The zero-order valence-corrected chi connectivity index (χ0v) is 23.2. The van der Waals surface area contributed by atoms with E-state index < -0.39 is 49.4 Å². The van der Waals surface area contributed by atoms with Crippen LogP contribution < -0.4 is 14.2 Å². The Hall–Kier alpha value is -4.79. The number of hydrogen-bond acceptors (Lipinski definition) is 12. The van der Waals surface area contributed by atoms with Crippen LogP contribution in [-0.2, 0) is 9.47 Å². The number of aliphatic hydroxyl groups excluding tert-OH is 4. The molecule has 1 fully saturated rings. The molecule has 0 spiro atoms. The van der Waals surface area contributed by atoms with Crippen molar-refractivity contribution in [3.63, 3.8) is 0 Å². The number of esters is 1. The van der Waals surface area contributed by atoms with Gasteiger partial charge in [-0.25, -0.2) is 0 Å². The van der Waals surface area contributed by atoms with E-state index in [0.29, 0.717) is 11.1 Å². The van der Waals surface area contributed by atoms with Gasteiger partial charge in [0.15, 0.2) is 11.5 Å². The van der Waals surface area contributed by atoms with Gasteiger partial charge < -0.3 is 59.5 Å². The van der Waals surface area contributed by atoms with Crippen molar-refractivity contribution in [2.75, 3.05) is 13.7 Å². The van der Waals surface area contributed by atoms with Crippen LogP contribution >= 0.6 is 0 Å². The van der Waals surface area contributed by atoms with Gasteiger partial charge in [-0.05, 0) is 35.9 Å². The Morgan fingerprint density at radius 2 is 1.66 bits per heavy atom. The Balaban J connectivity index is 1.48. The third-order valence-electron chi connectivity index (χ3n) is 7.01. The molecule has 0 bridgehead atoms. The van der Waals surface area contributed by atoms with Gasteiger partial charge in [0.25, 0.3) is 5.76 Å². The number of methoxy groups -OCH3 is 1. The van der Waals surface area contributed by atoms with E-state index in [0.717, 1.165) is 0 Å². The van der Waals surface area contributed by atoms with E-state index in [9.17, 15) is 40.5 Å². The highest BCUT2D eigenvalue weighted by Gasteiger charge is 2.45. The third-order valence-corrected chi connectivity index (χ3v) is 7.01. The first kappa shape index (κ1) is 30.7. The number of phenolic OH excluding ortho intramolecular Hbond substituents is 3. The maximum absolute atomic E-state index is 10.7. The predicted molar refractivity (Wildman–Crippen MR) is 154 cm³/mol. The molecule has 0 saturated carbocycles. The minimum absolute atomic E-state index is 0.00550. The van der Waals surface area contributed by atoms with Crippen LogP contribution in [0.5, 0.6) is 34.5 Å². The molecule has 0 amide bonds. The Bertz CT molecular complexity index is 1560. The number of fused-ring (bicyclic) bond motifs is 1. The summed E-state index contributed by atoms with van der Waals surface area (Å²) in [4.78, 5) is 10.7. The summed E-state index contributed by atoms with van der Waals surface area (Å²) in [5, 5.41) is 70.3. The van der Waals surface area contributed by atoms with E-state index in [2.05, 4.69) is 0 Å². The van der Waals surface area contributed by atoms with E-state index in [1.807, 2.05) is 0 Å². The number of hydrogen-bond donors (Lipinski definition) is 7. The molecule has 0 aliphatic carbocycles. The molecule has 6 unspecified atom stereocenters. The second-order valence-corrected chi connectivity index (χ2v) is 10.0. The van der Waals surface area contributed by atoms with Gasteiger partial charge in [0, 0.05) is 23.8 Å². The van der Waals surface area contributed by atoms with Crippen LogP contribution in [0.4, 0.5) is 0 Å². The van der Waals surface area contributed by atoms with Crippen molar-refractivity contribution < 1.29 is 64.2 Å². The van der Waals surface area contributed by atoms with Crippen molar-refractivity contribution in [2.24, 2.45) is 0 Å². The molecule has 232 valence electrons. The first-order valence-electron chi connectivity index (χ1n) is 13.4. The molecule has 44 heavy (non-hydrogen) atoms. The SMILES string of the molecule is COc1cc(C=CC(=[OH+])OC2=Cc3c(cc(O)cc3OC3OC(CO)C(O)C(O)C3O)OC2c2ccc(O)cc2)ccc1O. The van der Waals surface area contributed by atoms with E-state index in [1.165, 1.54) is 55.7 Å². The van der Waals surface area contributed by atoms with Crippen molar-refractivity contribution in [1.29, 1.82) is 0 Å². The van der Waals surface area contributed by atoms with Crippen LogP contribution in [0.1, 0.15) is 22.8 Å². The number of benzene rings is 3. The average Bonchev–Trinajstić information content (AvgIpc) is 3.01. The highest BCUT2D eigenvalue weighted by molar-refractivity contribution is 5.89. The third kappa shape index (κ3) is 6.41. The summed E-state index contributed by atoms with van der Waals surface area (Å²) < 4.78 is 28.3. The van der Waals surface area contributed by atoms with Gasteiger partial charge in [-0.1, -0.05) is 18.2 Å². The number of ether oxygens (including phenoxy) is 5. The van der Waals surface area contributed by atoms with Crippen LogP contribution in [0, 0.1) is 0 Å². The predicted octanol–water partition coefficient (Wildman–Crippen LogP) is 1.70. The van der Waals surface area contributed by atoms with Crippen LogP contribution in [0.2, 0.25) is 0 Å². The van der Waals surface area contributed by atoms with Crippen molar-refractivity contribution in [3.05, 3.63) is 83.1 Å². The Kier molecular flexibility index (Phi) is 8.94. The second-order valence-electron chi connectivity index (χ2n) is 10.0. The Labute approximate surface area is 250 Å². The van der Waals surface area contributed by atoms with E-state index in [1.54, 1.807) is 24.3 Å². The fraction of sp³-hybridized carbons (Fsp3) is 0.258. The summed E-state index contributed by atoms with van der Waals surface area (Å²) >= 11 is 0. The number of phenols is 3. The topological polar surface area (TPSA) is 209 Å². The molecule has 6 atom stereocenters. The molecule has 13 heteroatoms. The number of rotatable bonds is 8. The van der Waals surface area contributed by atoms with Crippen LogP contribution in [-0.4, -0.2) is 90.9 Å². The molecule has 0 radical (unpaired) electrons. The molecule has 1 saturated heterocycles. The molecule has 5 rings (SSSR count). The minimum atomic E-state index is -1.72. The quantitative estimate of drug-likeness (QED) is 0.110. The maximum Gasteiger partial charge on any atom is 0.516 e. The molecule has 0 aromatic heterocycles. The smallest absolute Gasteiger partial charge is 0.508 e. The molecule has 2 heterocycles. The fourth-order valence-corrected chi connectivity index (χ4v) is 4.70. The molecule has 2 aliphatic heterocycles. The first-order chi connectivity index (χ1) is 21.1. The van der Waals surface area contributed by atoms with Gasteiger partial charge in [-0.2, -0.15) is 0 Å². The summed E-state index contributed by atoms with van der Waals surface area (Å²) in [5.41, 5.74) is 1.29. The van der Waals surface area contributed by atoms with Gasteiger partial charge >= 0.3 is 5.97 Å². The molecule has 13 nitrogen and oxygen atoms in total. The van der Waals surface area contributed by atoms with Crippen molar-refractivity contribution in [1.82, 2.24) is 0 Å². The van der Waals surface area contributed by atoms with Crippen LogP contribution in [0.25, 0.3) is 12.2 Å². The summed E-state index contributed by atoms with van der Waals surface area (Å²) in [6.45, 7) is -0.669. The summed E-state index contributed by atoms with van der Waals surface area (Å²) in [7, 11) is 1.40. The van der Waals surface area contributed by atoms with Gasteiger partial charge in [0.1, 0.15) is 47.4 Å². The lowest BCUT2D eigenvalue weighted by molar-refractivity contribution is -0.277. The lowest BCUT2D eigenvalue weighted by atomic mass is 9.99. The maximum atomic E-state index is 10.7. The first-order valence-corrected chi connectivity index (χ1v) is 13.4. The van der Waals surface area contributed by atoms with E-state index in [-0.39, 0.29) is 45.8 Å². The average molecular weight is 612 g/mol. The molecule has 2 aliphatic rings. The molecule has 3 aromatic carbocycles. The van der Waals surface area contributed by atoms with Crippen molar-refractivity contribution in [3.8, 4) is 34.5 Å². The van der Waals surface area contributed by atoms with Crippen molar-refractivity contribution in [2.45, 2.75) is 36.8 Å². The standard InChI is InChI=1S/C31H30O13/c1-40-23-10-15(2-8-20(23)35)3-9-26(36)41-24-13-19-21(42-30(24)16-4-6-17(33)7-5-16)11-18(34)12-22(19)43-31-29(39)28(38)27(37)25(14-32)44-31/h2-13,25,27-35,37-39H,14H2,1H3/p+1. The highest BCUT2D eigenvalue weighted by Crippen LogP contribution is 2.45. The second kappa shape index (κ2) is 12.8. The van der Waals surface area contributed by atoms with Crippen LogP contribution in [0.15, 0.2) is 66.4 Å². The number of aromatic hydroxyl groups is 3. The van der Waals surface area contributed by atoms with Crippen LogP contribution in [0.3, 0.4) is 0 Å². The monoisotopic (exact) mass is 611 g/mol. The normalized spacial score (nSPS) is 24.6. The molecular weight excluding hydrogens is 580 g/mol. The lowest BCUT2D eigenvalue weighted by Crippen LogP contribution is -2.60. The van der Waals surface area contributed by atoms with E-state index >= 15 is 0 Å². The zero-order chi connectivity index (χ0) is 31.5. The number of carbonyl (C=O) groups excluding carboxylic acids is 1. The minimum Gasteiger partial charge on any atom is -0.508 e. The number of aliphatic hydroxyl groups is 4. The highest BCUT2D eigenvalue weighted by atomic mass is 16.7. The van der Waals surface area contributed by atoms with Gasteiger partial charge in [0.2, 0.25) is 12.4 Å². The zero-order valence-electron chi connectivity index (χ0n) is 23.2. The fourth-order valence-electron chi connectivity index (χ4n) is 4.70. The molecular formula is C31H31O13+. The molecule has 3 aromatic rings. The largest absolute Gasteiger partial charge is 0.516 e. The van der Waals surface area contributed by atoms with Gasteiger partial charge in [-0.3, -0.25) is 4.74 Å². The lowest BCUT2D eigenvalue weighted by Gasteiger charge is -2.39. The molecule has 8 N–H and O–H groups in total. The summed E-state index contributed by atoms with van der Waals surface area (Å²) in [5.74, 6) is -0.565. The van der Waals surface area contributed by atoms with Gasteiger partial charge in [-0.15, -0.1) is 0 Å². The van der Waals surface area contributed by atoms with Gasteiger partial charge in [0.05, 0.1) is 25.4 Å². The Morgan fingerprint density at radius 1 is 0.909 bits per heavy atom. The Morgan fingerprint density at radius 3 is 2.36 bits per heavy atom. The summed E-state index contributed by atoms with van der Waals surface area (Å²) in [6.07, 6.45) is -4.56.